The molecular weight excluding hydrogens is 320 g/mol. The van der Waals surface area contributed by atoms with Crippen LogP contribution < -0.4 is 0 Å². The summed E-state index contributed by atoms with van der Waals surface area (Å²) in [6.07, 6.45) is 0.0717. The Hall–Kier alpha value is -2.47. The molecule has 1 amide bonds. The molecule has 2 aromatic rings. The first-order valence-corrected chi connectivity index (χ1v) is 8.46. The summed E-state index contributed by atoms with van der Waals surface area (Å²) in [5, 5.41) is 20.0. The molecule has 2 heterocycles. The van der Waals surface area contributed by atoms with E-state index in [1.54, 1.807) is 4.90 Å². The van der Waals surface area contributed by atoms with E-state index in [0.717, 1.165) is 16.6 Å². The average molecular weight is 342 g/mol. The highest BCUT2D eigenvalue weighted by atomic mass is 16.4. The number of likely N-dealkylation sites (tertiary alicyclic amines) is 1. The molecule has 1 fully saturated rings. The molecule has 1 aromatic heterocycles. The second-order valence-electron chi connectivity index (χ2n) is 6.90. The fraction of sp³-hybridized carbons (Fsp3) is 0.421. The van der Waals surface area contributed by atoms with Crippen LogP contribution in [0.1, 0.15) is 48.7 Å². The van der Waals surface area contributed by atoms with E-state index in [4.69, 9.17) is 5.11 Å². The summed E-state index contributed by atoms with van der Waals surface area (Å²) in [6, 6.07) is 9.35. The summed E-state index contributed by atoms with van der Waals surface area (Å²) in [6.45, 7) is 4.49. The van der Waals surface area contributed by atoms with Gasteiger partial charge in [-0.3, -0.25) is 9.78 Å². The lowest BCUT2D eigenvalue weighted by atomic mass is 9.91. The average Bonchev–Trinajstić information content (AvgIpc) is 2.60. The molecule has 0 saturated carbocycles. The van der Waals surface area contributed by atoms with Gasteiger partial charge < -0.3 is 15.1 Å². The van der Waals surface area contributed by atoms with Crippen molar-refractivity contribution in [3.63, 3.8) is 0 Å². The lowest BCUT2D eigenvalue weighted by Crippen LogP contribution is -2.50. The number of piperidine rings is 1. The summed E-state index contributed by atoms with van der Waals surface area (Å²) in [7, 11) is 0. The Kier molecular flexibility index (Phi) is 4.47. The van der Waals surface area contributed by atoms with Crippen molar-refractivity contribution in [2.24, 2.45) is 0 Å². The predicted octanol–water partition coefficient (Wildman–Crippen LogP) is 2.41. The number of hydrogen-bond acceptors (Lipinski definition) is 4. The molecule has 1 aliphatic heterocycles. The molecular formula is C19H22N2O4. The minimum absolute atomic E-state index is 0.0358. The third-order valence-electron chi connectivity index (χ3n) is 4.83. The van der Waals surface area contributed by atoms with Crippen molar-refractivity contribution in [3.8, 4) is 0 Å². The van der Waals surface area contributed by atoms with Gasteiger partial charge in [-0.2, -0.15) is 0 Å². The van der Waals surface area contributed by atoms with Gasteiger partial charge in [-0.1, -0.05) is 32.0 Å². The molecule has 1 saturated heterocycles. The first-order valence-electron chi connectivity index (χ1n) is 8.46. The Balaban J connectivity index is 1.94. The number of carboxylic acid groups (broad SMARTS) is 1. The number of amides is 1. The van der Waals surface area contributed by atoms with Crippen LogP contribution in [-0.2, 0) is 4.79 Å². The Morgan fingerprint density at radius 2 is 1.84 bits per heavy atom. The van der Waals surface area contributed by atoms with Crippen molar-refractivity contribution in [2.75, 3.05) is 13.1 Å². The number of aromatic nitrogens is 1. The molecule has 3 rings (SSSR count). The number of para-hydroxylation sites is 1. The van der Waals surface area contributed by atoms with Gasteiger partial charge in [0.1, 0.15) is 0 Å². The van der Waals surface area contributed by atoms with Crippen molar-refractivity contribution in [1.29, 1.82) is 0 Å². The van der Waals surface area contributed by atoms with Crippen LogP contribution in [0, 0.1) is 0 Å². The zero-order chi connectivity index (χ0) is 18.2. The Morgan fingerprint density at radius 1 is 1.20 bits per heavy atom. The van der Waals surface area contributed by atoms with Crippen LogP contribution in [0.25, 0.3) is 10.9 Å². The molecule has 2 N–H and O–H groups in total. The summed E-state index contributed by atoms with van der Waals surface area (Å²) < 4.78 is 0. The van der Waals surface area contributed by atoms with E-state index >= 15 is 0 Å². The Bertz CT molecular complexity index is 823. The topological polar surface area (TPSA) is 90.7 Å². The zero-order valence-corrected chi connectivity index (χ0v) is 14.4. The predicted molar refractivity (Wildman–Crippen MR) is 93.6 cm³/mol. The number of pyridine rings is 1. The quantitative estimate of drug-likeness (QED) is 0.894. The normalized spacial score (nSPS) is 17.0. The van der Waals surface area contributed by atoms with E-state index in [1.807, 2.05) is 44.2 Å². The molecule has 1 aromatic carbocycles. The highest BCUT2D eigenvalue weighted by molar-refractivity contribution is 6.06. The van der Waals surface area contributed by atoms with Crippen molar-refractivity contribution < 1.29 is 19.8 Å². The minimum Gasteiger partial charge on any atom is -0.479 e. The van der Waals surface area contributed by atoms with Gasteiger partial charge in [-0.25, -0.2) is 4.79 Å². The molecule has 0 unspecified atom stereocenters. The van der Waals surface area contributed by atoms with Crippen LogP contribution in [0.4, 0.5) is 0 Å². The lowest BCUT2D eigenvalue weighted by molar-refractivity contribution is -0.162. The first-order chi connectivity index (χ1) is 11.8. The van der Waals surface area contributed by atoms with Crippen LogP contribution in [-0.4, -0.2) is 50.7 Å². The maximum absolute atomic E-state index is 13.0. The van der Waals surface area contributed by atoms with Gasteiger partial charge >= 0.3 is 5.97 Å². The molecule has 1 aliphatic rings. The van der Waals surface area contributed by atoms with Gasteiger partial charge in [-0.05, 0) is 18.1 Å². The molecule has 6 heteroatoms. The second-order valence-corrected chi connectivity index (χ2v) is 6.90. The van der Waals surface area contributed by atoms with E-state index in [-0.39, 0.29) is 37.8 Å². The number of nitrogens with zero attached hydrogens (tertiary/aromatic N) is 2. The number of carbonyl (C=O) groups excluding carboxylic acids is 1. The molecule has 0 radical (unpaired) electrons. The van der Waals surface area contributed by atoms with Gasteiger partial charge in [-0.15, -0.1) is 0 Å². The summed E-state index contributed by atoms with van der Waals surface area (Å²) in [4.78, 5) is 30.4. The van der Waals surface area contributed by atoms with Crippen molar-refractivity contribution in [1.82, 2.24) is 9.88 Å². The minimum atomic E-state index is -1.74. The van der Waals surface area contributed by atoms with Crippen LogP contribution >= 0.6 is 0 Å². The van der Waals surface area contributed by atoms with E-state index in [2.05, 4.69) is 4.98 Å². The molecule has 0 aliphatic carbocycles. The van der Waals surface area contributed by atoms with Crippen LogP contribution in [0.2, 0.25) is 0 Å². The number of carboxylic acids is 1. The fourth-order valence-corrected chi connectivity index (χ4v) is 3.13. The number of carbonyl (C=O) groups is 2. The third kappa shape index (κ3) is 3.22. The molecule has 6 nitrogen and oxygen atoms in total. The SMILES string of the molecule is CC(C)c1cc(C(=O)N2CCC(O)(C(=O)O)CC2)c2ccccc2n1. The van der Waals surface area contributed by atoms with Crippen molar-refractivity contribution in [2.45, 2.75) is 38.2 Å². The maximum atomic E-state index is 13.0. The maximum Gasteiger partial charge on any atom is 0.335 e. The number of rotatable bonds is 3. The van der Waals surface area contributed by atoms with Gasteiger partial charge in [0.05, 0.1) is 11.1 Å². The van der Waals surface area contributed by atoms with Crippen molar-refractivity contribution >= 4 is 22.8 Å². The standard InChI is InChI=1S/C19H22N2O4/c1-12(2)16-11-14(13-5-3-4-6-15(13)20-16)17(22)21-9-7-19(25,8-10-21)18(23)24/h3-6,11-12,25H,7-10H2,1-2H3,(H,23,24). The second kappa shape index (κ2) is 6.44. The monoisotopic (exact) mass is 342 g/mol. The zero-order valence-electron chi connectivity index (χ0n) is 14.4. The van der Waals surface area contributed by atoms with E-state index in [1.165, 1.54) is 0 Å². The van der Waals surface area contributed by atoms with Gasteiger partial charge in [0.2, 0.25) is 0 Å². The van der Waals surface area contributed by atoms with E-state index < -0.39 is 11.6 Å². The van der Waals surface area contributed by atoms with Crippen molar-refractivity contribution in [3.05, 3.63) is 41.6 Å². The fourth-order valence-electron chi connectivity index (χ4n) is 3.13. The summed E-state index contributed by atoms with van der Waals surface area (Å²) >= 11 is 0. The molecule has 132 valence electrons. The molecule has 25 heavy (non-hydrogen) atoms. The highest BCUT2D eigenvalue weighted by Gasteiger charge is 2.40. The number of aliphatic carboxylic acids is 1. The van der Waals surface area contributed by atoms with Crippen LogP contribution in [0.3, 0.4) is 0 Å². The summed E-state index contributed by atoms with van der Waals surface area (Å²) in [5.74, 6) is -1.18. The first kappa shape index (κ1) is 17.4. The van der Waals surface area contributed by atoms with Gasteiger partial charge in [0.25, 0.3) is 5.91 Å². The molecule has 0 spiro atoms. The number of aliphatic hydroxyl groups is 1. The lowest BCUT2D eigenvalue weighted by Gasteiger charge is -2.35. The van der Waals surface area contributed by atoms with Gasteiger partial charge in [0, 0.05) is 37.0 Å². The molecule has 0 atom stereocenters. The number of fused-ring (bicyclic) bond motifs is 1. The Labute approximate surface area is 146 Å². The largest absolute Gasteiger partial charge is 0.479 e. The van der Waals surface area contributed by atoms with Crippen LogP contribution in [0.5, 0.6) is 0 Å². The highest BCUT2D eigenvalue weighted by Crippen LogP contribution is 2.27. The van der Waals surface area contributed by atoms with Crippen LogP contribution in [0.15, 0.2) is 30.3 Å². The van der Waals surface area contributed by atoms with E-state index in [0.29, 0.717) is 5.56 Å². The smallest absolute Gasteiger partial charge is 0.335 e. The number of benzene rings is 1. The summed E-state index contributed by atoms with van der Waals surface area (Å²) in [5.41, 5.74) is 0.465. The van der Waals surface area contributed by atoms with Gasteiger partial charge in [0.15, 0.2) is 5.60 Å². The molecule has 0 bridgehead atoms. The number of hydrogen-bond donors (Lipinski definition) is 2. The third-order valence-corrected chi connectivity index (χ3v) is 4.83. The Morgan fingerprint density at radius 3 is 2.44 bits per heavy atom. The van der Waals surface area contributed by atoms with E-state index in [9.17, 15) is 14.7 Å².